The third-order valence-corrected chi connectivity index (χ3v) is 6.36. The smallest absolute Gasteiger partial charge is 0.362 e. The van der Waals surface area contributed by atoms with Gasteiger partial charge in [-0.05, 0) is 80.7 Å². The van der Waals surface area contributed by atoms with Gasteiger partial charge in [0.1, 0.15) is 0 Å². The van der Waals surface area contributed by atoms with Gasteiger partial charge in [0, 0.05) is 24.5 Å². The van der Waals surface area contributed by atoms with Crippen LogP contribution in [0.25, 0.3) is 10.8 Å². The highest BCUT2D eigenvalue weighted by Crippen LogP contribution is 2.35. The van der Waals surface area contributed by atoms with Crippen molar-refractivity contribution >= 4 is 28.2 Å². The molecule has 1 aliphatic rings. The second kappa shape index (κ2) is 9.69. The van der Waals surface area contributed by atoms with Crippen LogP contribution >= 0.6 is 0 Å². The van der Waals surface area contributed by atoms with E-state index in [-0.39, 0.29) is 11.2 Å². The monoisotopic (exact) mass is 487 g/mol. The lowest BCUT2D eigenvalue weighted by atomic mass is 9.90. The molecular weight excluding hydrogens is 459 g/mol. The van der Waals surface area contributed by atoms with Crippen molar-refractivity contribution < 1.29 is 18.0 Å². The maximum Gasteiger partial charge on any atom is 0.416 e. The first-order chi connectivity index (χ1) is 16.5. The van der Waals surface area contributed by atoms with E-state index in [0.29, 0.717) is 28.1 Å². The second-order valence-electron chi connectivity index (χ2n) is 9.20. The van der Waals surface area contributed by atoms with Crippen LogP contribution in [-0.2, 0) is 11.0 Å². The largest absolute Gasteiger partial charge is 0.416 e. The zero-order valence-electron chi connectivity index (χ0n) is 19.8. The van der Waals surface area contributed by atoms with E-state index in [4.69, 9.17) is 0 Å². The van der Waals surface area contributed by atoms with Crippen LogP contribution in [0.2, 0.25) is 0 Å². The number of fused-ring (bicyclic) bond motifs is 1. The van der Waals surface area contributed by atoms with E-state index in [9.17, 15) is 22.8 Å². The van der Waals surface area contributed by atoms with Crippen LogP contribution in [0.4, 0.5) is 24.7 Å². The minimum absolute atomic E-state index is 0.0546. The number of alkyl halides is 3. The minimum atomic E-state index is -4.58. The van der Waals surface area contributed by atoms with Crippen molar-refractivity contribution in [2.24, 2.45) is 0 Å². The number of nitrogens with one attached hydrogen (secondary N) is 3. The molecule has 1 aromatic heterocycles. The van der Waals surface area contributed by atoms with Crippen molar-refractivity contribution in [1.29, 1.82) is 0 Å². The van der Waals surface area contributed by atoms with Gasteiger partial charge >= 0.3 is 6.18 Å². The van der Waals surface area contributed by atoms with Gasteiger partial charge in [0.05, 0.1) is 17.0 Å². The van der Waals surface area contributed by atoms with Crippen molar-refractivity contribution in [2.75, 3.05) is 30.8 Å². The molecule has 2 atom stereocenters. The molecule has 1 amide bonds. The molecule has 0 bridgehead atoms. The van der Waals surface area contributed by atoms with Crippen LogP contribution < -0.4 is 16.2 Å². The van der Waals surface area contributed by atoms with Crippen molar-refractivity contribution in [3.63, 3.8) is 0 Å². The molecule has 7 nitrogen and oxygen atoms in total. The quantitative estimate of drug-likeness (QED) is 0.477. The van der Waals surface area contributed by atoms with Crippen molar-refractivity contribution in [2.45, 2.75) is 44.8 Å². The van der Waals surface area contributed by atoms with Crippen LogP contribution in [0, 0.1) is 0 Å². The standard InChI is InChI=1S/C25H28F3N5O2/c1-14(18-9-19(25(26,27)28)12-20(10-18)30-15(2)34)29-23-22-11-16(17-5-4-8-33(3)13-17)6-7-21(22)24(35)32-31-23/h6-7,9-12,14,17H,4-5,8,13H2,1-3H3,(H,29,31)(H,30,34)(H,32,35). The summed E-state index contributed by atoms with van der Waals surface area (Å²) in [6.07, 6.45) is -2.45. The number of aromatic amines is 1. The third kappa shape index (κ3) is 5.64. The summed E-state index contributed by atoms with van der Waals surface area (Å²) in [5.41, 5.74) is 0.265. The molecule has 4 rings (SSSR count). The van der Waals surface area contributed by atoms with Crippen LogP contribution in [0.1, 0.15) is 55.3 Å². The first-order valence-corrected chi connectivity index (χ1v) is 11.5. The van der Waals surface area contributed by atoms with Gasteiger partial charge in [-0.1, -0.05) is 6.07 Å². The lowest BCUT2D eigenvalue weighted by Crippen LogP contribution is -2.30. The van der Waals surface area contributed by atoms with Crippen molar-refractivity contribution in [3.8, 4) is 0 Å². The predicted molar refractivity (Wildman–Crippen MR) is 130 cm³/mol. The number of amides is 1. The molecule has 0 spiro atoms. The third-order valence-electron chi connectivity index (χ3n) is 6.36. The molecule has 2 unspecified atom stereocenters. The number of rotatable bonds is 5. The van der Waals surface area contributed by atoms with Gasteiger partial charge in [-0.25, -0.2) is 5.10 Å². The molecule has 3 N–H and O–H groups in total. The highest BCUT2D eigenvalue weighted by Gasteiger charge is 2.32. The van der Waals surface area contributed by atoms with E-state index >= 15 is 0 Å². The molecule has 35 heavy (non-hydrogen) atoms. The predicted octanol–water partition coefficient (Wildman–Crippen LogP) is 4.88. The van der Waals surface area contributed by atoms with Gasteiger partial charge < -0.3 is 15.5 Å². The van der Waals surface area contributed by atoms with E-state index in [1.54, 1.807) is 13.0 Å². The summed E-state index contributed by atoms with van der Waals surface area (Å²) in [5, 5.41) is 13.3. The number of hydrogen-bond acceptors (Lipinski definition) is 5. The van der Waals surface area contributed by atoms with Gasteiger partial charge in [0.2, 0.25) is 5.91 Å². The lowest BCUT2D eigenvalue weighted by Gasteiger charge is -2.30. The molecule has 2 aromatic carbocycles. The molecular formula is C25H28F3N5O2. The van der Waals surface area contributed by atoms with Gasteiger partial charge in [0.15, 0.2) is 5.82 Å². The second-order valence-corrected chi connectivity index (χ2v) is 9.20. The van der Waals surface area contributed by atoms with Gasteiger partial charge in [-0.2, -0.15) is 18.3 Å². The number of likely N-dealkylation sites (N-methyl/N-ethyl adjacent to an activating group) is 1. The fourth-order valence-corrected chi connectivity index (χ4v) is 4.61. The highest BCUT2D eigenvalue weighted by molar-refractivity contribution is 5.92. The number of carbonyl (C=O) groups is 1. The summed E-state index contributed by atoms with van der Waals surface area (Å²) in [6.45, 7) is 4.90. The molecule has 0 aliphatic carbocycles. The van der Waals surface area contributed by atoms with Crippen LogP contribution in [0.15, 0.2) is 41.2 Å². The number of anilines is 2. The molecule has 0 radical (unpaired) electrons. The normalized spacial score (nSPS) is 17.8. The summed E-state index contributed by atoms with van der Waals surface area (Å²) in [6, 6.07) is 8.52. The Kier molecular flexibility index (Phi) is 6.84. The van der Waals surface area contributed by atoms with Gasteiger partial charge in [0.25, 0.3) is 5.56 Å². The number of halogens is 3. The first-order valence-electron chi connectivity index (χ1n) is 11.5. The van der Waals surface area contributed by atoms with E-state index < -0.39 is 23.7 Å². The van der Waals surface area contributed by atoms with Gasteiger partial charge in [-0.3, -0.25) is 9.59 Å². The maximum absolute atomic E-state index is 13.5. The Labute approximate surface area is 200 Å². The zero-order chi connectivity index (χ0) is 25.3. The minimum Gasteiger partial charge on any atom is -0.362 e. The number of likely N-dealkylation sites (tertiary alicyclic amines) is 1. The average Bonchev–Trinajstić information content (AvgIpc) is 2.79. The Morgan fingerprint density at radius 2 is 1.97 bits per heavy atom. The summed E-state index contributed by atoms with van der Waals surface area (Å²) >= 11 is 0. The number of H-pyrrole nitrogens is 1. The van der Waals surface area contributed by atoms with E-state index in [1.165, 1.54) is 13.0 Å². The number of nitrogens with zero attached hydrogens (tertiary/aromatic N) is 2. The van der Waals surface area contributed by atoms with E-state index in [2.05, 4.69) is 32.8 Å². The Morgan fingerprint density at radius 3 is 2.66 bits per heavy atom. The summed E-state index contributed by atoms with van der Waals surface area (Å²) in [4.78, 5) is 26.1. The molecule has 186 valence electrons. The Bertz CT molecular complexity index is 1300. The molecule has 10 heteroatoms. The molecule has 3 aromatic rings. The van der Waals surface area contributed by atoms with Crippen LogP contribution in [0.5, 0.6) is 0 Å². The number of hydrogen-bond donors (Lipinski definition) is 3. The molecule has 0 saturated carbocycles. The molecule has 1 fully saturated rings. The van der Waals surface area contributed by atoms with Crippen LogP contribution in [0.3, 0.4) is 0 Å². The SMILES string of the molecule is CC(=O)Nc1cc(C(C)Nc2n[nH]c(=O)c3ccc(C4CCCN(C)C4)cc23)cc(C(F)(F)F)c1. The van der Waals surface area contributed by atoms with E-state index in [0.717, 1.165) is 43.6 Å². The molecule has 2 heterocycles. The number of piperidine rings is 1. The number of aromatic nitrogens is 2. The summed E-state index contributed by atoms with van der Waals surface area (Å²) < 4.78 is 40.5. The number of benzene rings is 2. The number of carbonyl (C=O) groups excluding carboxylic acids is 1. The lowest BCUT2D eigenvalue weighted by molar-refractivity contribution is -0.137. The Balaban J connectivity index is 1.71. The topological polar surface area (TPSA) is 90.1 Å². The first kappa shape index (κ1) is 24.7. The van der Waals surface area contributed by atoms with E-state index in [1.807, 2.05) is 12.1 Å². The van der Waals surface area contributed by atoms with Crippen molar-refractivity contribution in [3.05, 3.63) is 63.4 Å². The Hall–Kier alpha value is -3.40. The summed E-state index contributed by atoms with van der Waals surface area (Å²) in [7, 11) is 2.08. The molecule has 1 saturated heterocycles. The zero-order valence-corrected chi connectivity index (χ0v) is 19.8. The highest BCUT2D eigenvalue weighted by atomic mass is 19.4. The van der Waals surface area contributed by atoms with Crippen LogP contribution in [-0.4, -0.2) is 41.1 Å². The fourth-order valence-electron chi connectivity index (χ4n) is 4.61. The average molecular weight is 488 g/mol. The summed E-state index contributed by atoms with van der Waals surface area (Å²) in [5.74, 6) is 0.230. The maximum atomic E-state index is 13.5. The Morgan fingerprint density at radius 1 is 1.20 bits per heavy atom. The fraction of sp³-hybridized carbons (Fsp3) is 0.400. The molecule has 1 aliphatic heterocycles. The van der Waals surface area contributed by atoms with Gasteiger partial charge in [-0.15, -0.1) is 0 Å². The van der Waals surface area contributed by atoms with Crippen molar-refractivity contribution in [1.82, 2.24) is 15.1 Å².